The van der Waals surface area contributed by atoms with E-state index in [1.54, 1.807) is 29.8 Å². The van der Waals surface area contributed by atoms with Crippen LogP contribution in [0, 0.1) is 20.8 Å². The lowest BCUT2D eigenvalue weighted by Crippen LogP contribution is -2.32. The Morgan fingerprint density at radius 1 is 1.21 bits per heavy atom. The molecule has 0 saturated heterocycles. The maximum Gasteiger partial charge on any atom is 0.346 e. The molecule has 29 heavy (non-hydrogen) atoms. The second kappa shape index (κ2) is 7.55. The molecule has 1 N–H and O–H groups in total. The van der Waals surface area contributed by atoms with Crippen LogP contribution in [-0.2, 0) is 16.6 Å². The zero-order valence-corrected chi connectivity index (χ0v) is 18.3. The fourth-order valence-electron chi connectivity index (χ4n) is 3.75. The maximum atomic E-state index is 12.8. The summed E-state index contributed by atoms with van der Waals surface area (Å²) in [6.45, 7) is 5.81. The van der Waals surface area contributed by atoms with Gasteiger partial charge in [-0.25, -0.2) is 22.6 Å². The van der Waals surface area contributed by atoms with Gasteiger partial charge >= 0.3 is 5.69 Å². The first-order valence-corrected chi connectivity index (χ1v) is 11.9. The molecule has 4 rings (SSSR count). The zero-order valence-electron chi connectivity index (χ0n) is 16.7. The first kappa shape index (κ1) is 20.1. The van der Waals surface area contributed by atoms with Gasteiger partial charge in [-0.2, -0.15) is 0 Å². The average Bonchev–Trinajstić information content (AvgIpc) is 3.20. The van der Waals surface area contributed by atoms with Crippen molar-refractivity contribution >= 4 is 21.4 Å². The summed E-state index contributed by atoms with van der Waals surface area (Å²) in [5.74, 6) is 0.667. The molecule has 7 nitrogen and oxygen atoms in total. The smallest absolute Gasteiger partial charge is 0.271 e. The lowest BCUT2D eigenvalue weighted by Gasteiger charge is -2.13. The summed E-state index contributed by atoms with van der Waals surface area (Å²) in [5.41, 5.74) is 2.27. The van der Waals surface area contributed by atoms with Crippen molar-refractivity contribution in [3.8, 4) is 10.7 Å². The number of benzene rings is 1. The third kappa shape index (κ3) is 3.94. The molecule has 0 radical (unpaired) electrons. The number of rotatable bonds is 7. The number of nitrogens with zero attached hydrogens (tertiary/aromatic N) is 3. The Morgan fingerprint density at radius 2 is 1.90 bits per heavy atom. The van der Waals surface area contributed by atoms with E-state index < -0.39 is 10.0 Å². The zero-order chi connectivity index (χ0) is 20.8. The van der Waals surface area contributed by atoms with Crippen molar-refractivity contribution in [2.75, 3.05) is 6.54 Å². The molecule has 0 atom stereocenters. The van der Waals surface area contributed by atoms with E-state index in [2.05, 4.69) is 9.82 Å². The molecular formula is C20H24N4O3S2. The van der Waals surface area contributed by atoms with Crippen LogP contribution in [0.2, 0.25) is 0 Å². The molecule has 1 fully saturated rings. The molecule has 0 aliphatic heterocycles. The largest absolute Gasteiger partial charge is 0.346 e. The van der Waals surface area contributed by atoms with Gasteiger partial charge in [-0.3, -0.25) is 4.57 Å². The number of hydrogen-bond donors (Lipinski definition) is 1. The van der Waals surface area contributed by atoms with Gasteiger partial charge in [0.15, 0.2) is 5.82 Å². The van der Waals surface area contributed by atoms with Gasteiger partial charge in [0.1, 0.15) is 0 Å². The summed E-state index contributed by atoms with van der Waals surface area (Å²) in [6.07, 6.45) is 1.95. The molecule has 0 unspecified atom stereocenters. The number of sulfonamides is 1. The monoisotopic (exact) mass is 432 g/mol. The highest BCUT2D eigenvalue weighted by Crippen LogP contribution is 2.37. The van der Waals surface area contributed by atoms with Crippen LogP contribution in [0.4, 0.5) is 0 Å². The van der Waals surface area contributed by atoms with Gasteiger partial charge in [0, 0.05) is 12.6 Å². The summed E-state index contributed by atoms with van der Waals surface area (Å²) in [4.78, 5) is 14.1. The first-order chi connectivity index (χ1) is 13.8. The second-order valence-electron chi connectivity index (χ2n) is 7.53. The molecular weight excluding hydrogens is 408 g/mol. The van der Waals surface area contributed by atoms with E-state index in [1.807, 2.05) is 36.6 Å². The minimum atomic E-state index is -3.67. The number of nitrogens with one attached hydrogen (secondary N) is 1. The van der Waals surface area contributed by atoms with Crippen molar-refractivity contribution in [1.29, 1.82) is 0 Å². The highest BCUT2D eigenvalue weighted by atomic mass is 32.2. The van der Waals surface area contributed by atoms with E-state index in [0.29, 0.717) is 21.8 Å². The van der Waals surface area contributed by atoms with Crippen LogP contribution in [-0.4, -0.2) is 29.3 Å². The Kier molecular flexibility index (Phi) is 5.22. The number of hydrogen-bond acceptors (Lipinski definition) is 5. The van der Waals surface area contributed by atoms with Crippen LogP contribution in [0.15, 0.2) is 39.3 Å². The van der Waals surface area contributed by atoms with E-state index in [0.717, 1.165) is 23.3 Å². The standard InChI is InChI=1S/C20H24N4O3S2/c1-13-11-14(2)18(15(3)12-13)29(26,27)21-8-9-23-20(25)24(16-6-7-16)19(22-23)17-5-4-10-28-17/h4-5,10-12,16,21H,6-9H2,1-3H3. The quantitative estimate of drug-likeness (QED) is 0.622. The van der Waals surface area contributed by atoms with Gasteiger partial charge in [0.25, 0.3) is 0 Å². The number of aromatic nitrogens is 3. The molecule has 1 aliphatic rings. The molecule has 1 aromatic carbocycles. The van der Waals surface area contributed by atoms with Gasteiger partial charge in [-0.1, -0.05) is 23.8 Å². The van der Waals surface area contributed by atoms with Crippen molar-refractivity contribution in [2.45, 2.75) is 51.1 Å². The molecule has 154 valence electrons. The van der Waals surface area contributed by atoms with Crippen molar-refractivity contribution in [3.05, 3.63) is 56.8 Å². The fraction of sp³-hybridized carbons (Fsp3) is 0.400. The van der Waals surface area contributed by atoms with Gasteiger partial charge in [-0.15, -0.1) is 16.4 Å². The number of thiophene rings is 1. The third-order valence-electron chi connectivity index (χ3n) is 5.01. The molecule has 1 saturated carbocycles. The summed E-state index contributed by atoms with van der Waals surface area (Å²) < 4.78 is 31.4. The van der Waals surface area contributed by atoms with E-state index >= 15 is 0 Å². The average molecular weight is 433 g/mol. The van der Waals surface area contributed by atoms with Crippen molar-refractivity contribution in [3.63, 3.8) is 0 Å². The van der Waals surface area contributed by atoms with Crippen LogP contribution >= 0.6 is 11.3 Å². The van der Waals surface area contributed by atoms with E-state index in [9.17, 15) is 13.2 Å². The van der Waals surface area contributed by atoms with Crippen LogP contribution in [0.1, 0.15) is 35.6 Å². The fourth-order valence-corrected chi connectivity index (χ4v) is 5.93. The minimum Gasteiger partial charge on any atom is -0.271 e. The lowest BCUT2D eigenvalue weighted by molar-refractivity contribution is 0.546. The normalized spacial score (nSPS) is 14.4. The Hall–Kier alpha value is -2.23. The molecule has 0 spiro atoms. The Morgan fingerprint density at radius 3 is 2.48 bits per heavy atom. The van der Waals surface area contributed by atoms with Gasteiger partial charge < -0.3 is 0 Å². The Bertz CT molecular complexity index is 1180. The molecule has 0 bridgehead atoms. The van der Waals surface area contributed by atoms with E-state index in [4.69, 9.17) is 0 Å². The molecule has 3 aromatic rings. The summed E-state index contributed by atoms with van der Waals surface area (Å²) in [7, 11) is -3.67. The van der Waals surface area contributed by atoms with Crippen LogP contribution < -0.4 is 10.4 Å². The first-order valence-electron chi connectivity index (χ1n) is 9.58. The van der Waals surface area contributed by atoms with Crippen molar-refractivity contribution < 1.29 is 8.42 Å². The molecule has 2 aromatic heterocycles. The van der Waals surface area contributed by atoms with Crippen LogP contribution in [0.5, 0.6) is 0 Å². The van der Waals surface area contributed by atoms with Crippen LogP contribution in [0.25, 0.3) is 10.7 Å². The van der Waals surface area contributed by atoms with Gasteiger partial charge in [0.2, 0.25) is 10.0 Å². The van der Waals surface area contributed by atoms with E-state index in [1.165, 1.54) is 4.68 Å². The predicted molar refractivity (Wildman–Crippen MR) is 114 cm³/mol. The Balaban J connectivity index is 1.55. The molecule has 2 heterocycles. The Labute approximate surface area is 174 Å². The predicted octanol–water partition coefficient (Wildman–Crippen LogP) is 3.01. The molecule has 0 amide bonds. The van der Waals surface area contributed by atoms with Gasteiger partial charge in [0.05, 0.1) is 16.3 Å². The topological polar surface area (TPSA) is 86.0 Å². The summed E-state index contributed by atoms with van der Waals surface area (Å²) in [5, 5.41) is 6.45. The molecule has 1 aliphatic carbocycles. The maximum absolute atomic E-state index is 12.8. The van der Waals surface area contributed by atoms with Crippen LogP contribution in [0.3, 0.4) is 0 Å². The lowest BCUT2D eigenvalue weighted by atomic mass is 10.1. The highest BCUT2D eigenvalue weighted by Gasteiger charge is 2.30. The second-order valence-corrected chi connectivity index (χ2v) is 10.2. The SMILES string of the molecule is Cc1cc(C)c(S(=O)(=O)NCCn2nc(-c3cccs3)n(C3CC3)c2=O)c(C)c1. The van der Waals surface area contributed by atoms with Crippen molar-refractivity contribution in [1.82, 2.24) is 19.1 Å². The third-order valence-corrected chi connectivity index (χ3v) is 7.64. The number of aryl methyl sites for hydroxylation is 3. The minimum absolute atomic E-state index is 0.0978. The molecule has 9 heteroatoms. The highest BCUT2D eigenvalue weighted by molar-refractivity contribution is 7.89. The summed E-state index contributed by atoms with van der Waals surface area (Å²) in [6, 6.07) is 7.79. The van der Waals surface area contributed by atoms with Gasteiger partial charge in [-0.05, 0) is 56.2 Å². The van der Waals surface area contributed by atoms with E-state index in [-0.39, 0.29) is 24.8 Å². The van der Waals surface area contributed by atoms with Crippen molar-refractivity contribution in [2.24, 2.45) is 0 Å². The summed E-state index contributed by atoms with van der Waals surface area (Å²) >= 11 is 1.54.